The van der Waals surface area contributed by atoms with E-state index in [0.29, 0.717) is 5.57 Å². The molecule has 0 fully saturated rings. The van der Waals surface area contributed by atoms with Gasteiger partial charge in [0, 0.05) is 22.3 Å². The number of hydrogen-bond donors (Lipinski definition) is 0. The standard InChI is InChI=1S/C27H24O2/c1-4-20-13-17-23(18-14-20)27(29-26(28)19(2)3)24-11-7-5-9-21(24)15-16-22-10-6-8-12-25(22)27/h4-14,17-18H,1-2,15-16H2,3H3. The van der Waals surface area contributed by atoms with Gasteiger partial charge < -0.3 is 4.74 Å². The largest absolute Gasteiger partial charge is 0.441 e. The Kier molecular flexibility index (Phi) is 4.94. The maximum absolute atomic E-state index is 12.9. The number of aryl methyl sites for hydroxylation is 2. The summed E-state index contributed by atoms with van der Waals surface area (Å²) in [7, 11) is 0. The van der Waals surface area contributed by atoms with E-state index in [1.807, 2.05) is 54.6 Å². The molecule has 0 bridgehead atoms. The van der Waals surface area contributed by atoms with E-state index in [9.17, 15) is 4.79 Å². The molecule has 3 aromatic carbocycles. The van der Waals surface area contributed by atoms with Crippen LogP contribution in [0.15, 0.2) is 91.5 Å². The quantitative estimate of drug-likeness (QED) is 0.420. The fourth-order valence-corrected chi connectivity index (χ4v) is 4.14. The Hall–Kier alpha value is -3.39. The minimum Gasteiger partial charge on any atom is -0.441 e. The average molecular weight is 380 g/mol. The van der Waals surface area contributed by atoms with Crippen molar-refractivity contribution in [1.82, 2.24) is 0 Å². The minimum absolute atomic E-state index is 0.381. The Bertz CT molecular complexity index is 1040. The van der Waals surface area contributed by atoms with Crippen molar-refractivity contribution in [3.8, 4) is 0 Å². The van der Waals surface area contributed by atoms with Gasteiger partial charge in [0.25, 0.3) is 0 Å². The summed E-state index contributed by atoms with van der Waals surface area (Å²) in [4.78, 5) is 12.9. The number of fused-ring (bicyclic) bond motifs is 2. The topological polar surface area (TPSA) is 26.3 Å². The molecule has 0 heterocycles. The zero-order valence-electron chi connectivity index (χ0n) is 16.7. The lowest BCUT2D eigenvalue weighted by atomic mass is 9.77. The van der Waals surface area contributed by atoms with Crippen LogP contribution in [-0.2, 0) is 28.0 Å². The zero-order chi connectivity index (χ0) is 20.4. The molecule has 0 N–H and O–H groups in total. The molecule has 29 heavy (non-hydrogen) atoms. The van der Waals surface area contributed by atoms with Gasteiger partial charge in [-0.25, -0.2) is 4.79 Å². The van der Waals surface area contributed by atoms with E-state index < -0.39 is 11.6 Å². The molecular formula is C27H24O2. The van der Waals surface area contributed by atoms with Crippen LogP contribution in [0.3, 0.4) is 0 Å². The predicted octanol–water partition coefficient (Wildman–Crippen LogP) is 5.84. The molecule has 4 rings (SSSR count). The molecular weight excluding hydrogens is 356 g/mol. The number of esters is 1. The van der Waals surface area contributed by atoms with E-state index >= 15 is 0 Å². The smallest absolute Gasteiger partial charge is 0.334 e. The van der Waals surface area contributed by atoms with E-state index in [4.69, 9.17) is 4.74 Å². The summed E-state index contributed by atoms with van der Waals surface area (Å²) in [6.07, 6.45) is 3.60. The summed E-state index contributed by atoms with van der Waals surface area (Å²) < 4.78 is 6.37. The monoisotopic (exact) mass is 380 g/mol. The van der Waals surface area contributed by atoms with E-state index in [1.165, 1.54) is 11.1 Å². The third kappa shape index (κ3) is 3.21. The van der Waals surface area contributed by atoms with Gasteiger partial charge in [-0.3, -0.25) is 0 Å². The third-order valence-electron chi connectivity index (χ3n) is 5.60. The van der Waals surface area contributed by atoms with Crippen LogP contribution in [0.4, 0.5) is 0 Å². The molecule has 2 nitrogen and oxygen atoms in total. The Morgan fingerprint density at radius 3 is 1.90 bits per heavy atom. The van der Waals surface area contributed by atoms with Crippen molar-refractivity contribution in [2.24, 2.45) is 0 Å². The van der Waals surface area contributed by atoms with Gasteiger partial charge in [0.2, 0.25) is 0 Å². The molecule has 0 saturated carbocycles. The highest BCUT2D eigenvalue weighted by Gasteiger charge is 2.44. The normalized spacial score (nSPS) is 14.1. The predicted molar refractivity (Wildman–Crippen MR) is 118 cm³/mol. The second-order valence-electron chi connectivity index (χ2n) is 7.49. The molecule has 0 aliphatic heterocycles. The molecule has 0 radical (unpaired) electrons. The second kappa shape index (κ2) is 7.56. The van der Waals surface area contributed by atoms with Crippen LogP contribution in [-0.4, -0.2) is 5.97 Å². The van der Waals surface area contributed by atoms with Gasteiger partial charge >= 0.3 is 5.97 Å². The summed E-state index contributed by atoms with van der Waals surface area (Å²) >= 11 is 0. The highest BCUT2D eigenvalue weighted by molar-refractivity contribution is 5.88. The minimum atomic E-state index is -1.03. The average Bonchev–Trinajstić information content (AvgIpc) is 2.90. The number of hydrogen-bond acceptors (Lipinski definition) is 2. The first-order valence-electron chi connectivity index (χ1n) is 9.85. The van der Waals surface area contributed by atoms with Crippen LogP contribution < -0.4 is 0 Å². The fourth-order valence-electron chi connectivity index (χ4n) is 4.14. The zero-order valence-corrected chi connectivity index (χ0v) is 16.7. The van der Waals surface area contributed by atoms with E-state index in [0.717, 1.165) is 35.1 Å². The molecule has 0 saturated heterocycles. The first kappa shape index (κ1) is 18.9. The maximum Gasteiger partial charge on any atom is 0.334 e. The van der Waals surface area contributed by atoms with Crippen LogP contribution in [0.2, 0.25) is 0 Å². The number of rotatable bonds is 4. The lowest BCUT2D eigenvalue weighted by Gasteiger charge is -2.36. The summed E-state index contributed by atoms with van der Waals surface area (Å²) in [5.41, 5.74) is 5.67. The summed E-state index contributed by atoms with van der Waals surface area (Å²) in [6.45, 7) is 9.36. The van der Waals surface area contributed by atoms with Crippen LogP contribution >= 0.6 is 0 Å². The van der Waals surface area contributed by atoms with Crippen molar-refractivity contribution in [2.75, 3.05) is 0 Å². The van der Waals surface area contributed by atoms with Crippen LogP contribution in [0.25, 0.3) is 6.08 Å². The first-order chi connectivity index (χ1) is 14.1. The second-order valence-corrected chi connectivity index (χ2v) is 7.49. The molecule has 0 spiro atoms. The van der Waals surface area contributed by atoms with E-state index in [2.05, 4.69) is 37.4 Å². The molecule has 0 unspecified atom stereocenters. The number of ether oxygens (including phenoxy) is 1. The summed E-state index contributed by atoms with van der Waals surface area (Å²) in [5.74, 6) is -0.399. The Morgan fingerprint density at radius 2 is 1.41 bits per heavy atom. The fraction of sp³-hybridized carbons (Fsp3) is 0.148. The molecule has 144 valence electrons. The van der Waals surface area contributed by atoms with Crippen LogP contribution in [0.5, 0.6) is 0 Å². The Morgan fingerprint density at radius 1 is 0.897 bits per heavy atom. The number of carbonyl (C=O) groups excluding carboxylic acids is 1. The number of benzene rings is 3. The maximum atomic E-state index is 12.9. The summed E-state index contributed by atoms with van der Waals surface area (Å²) in [6, 6.07) is 24.6. The van der Waals surface area contributed by atoms with Crippen molar-refractivity contribution >= 4 is 12.0 Å². The highest BCUT2D eigenvalue weighted by Crippen LogP contribution is 2.46. The lowest BCUT2D eigenvalue weighted by Crippen LogP contribution is -2.36. The summed E-state index contributed by atoms with van der Waals surface area (Å²) in [5, 5.41) is 0. The van der Waals surface area contributed by atoms with Crippen molar-refractivity contribution in [3.63, 3.8) is 0 Å². The van der Waals surface area contributed by atoms with Crippen molar-refractivity contribution in [3.05, 3.63) is 125 Å². The molecule has 0 aromatic heterocycles. The highest BCUT2D eigenvalue weighted by atomic mass is 16.6. The van der Waals surface area contributed by atoms with Gasteiger partial charge in [-0.15, -0.1) is 0 Å². The van der Waals surface area contributed by atoms with Gasteiger partial charge in [-0.05, 0) is 36.5 Å². The van der Waals surface area contributed by atoms with Gasteiger partial charge in [-0.2, -0.15) is 0 Å². The lowest BCUT2D eigenvalue weighted by molar-refractivity contribution is -0.148. The van der Waals surface area contributed by atoms with Gasteiger partial charge in [0.15, 0.2) is 5.60 Å². The molecule has 1 aliphatic carbocycles. The number of carbonyl (C=O) groups is 1. The SMILES string of the molecule is C=Cc1ccc(C2(OC(=O)C(=C)C)c3ccccc3CCc3ccccc32)cc1. The van der Waals surface area contributed by atoms with Crippen LogP contribution in [0, 0.1) is 0 Å². The molecule has 1 aliphatic rings. The molecule has 3 aromatic rings. The molecule has 2 heteroatoms. The van der Waals surface area contributed by atoms with Crippen molar-refractivity contribution in [1.29, 1.82) is 0 Å². The van der Waals surface area contributed by atoms with Gasteiger partial charge in [-0.1, -0.05) is 92.0 Å². The molecule has 0 atom stereocenters. The van der Waals surface area contributed by atoms with Crippen molar-refractivity contribution in [2.45, 2.75) is 25.4 Å². The third-order valence-corrected chi connectivity index (χ3v) is 5.60. The Balaban J connectivity index is 2.09. The van der Waals surface area contributed by atoms with Crippen LogP contribution in [0.1, 0.15) is 40.3 Å². The van der Waals surface area contributed by atoms with Gasteiger partial charge in [0.1, 0.15) is 0 Å². The van der Waals surface area contributed by atoms with Gasteiger partial charge in [0.05, 0.1) is 0 Å². The molecule has 0 amide bonds. The first-order valence-corrected chi connectivity index (χ1v) is 9.85. The van der Waals surface area contributed by atoms with Crippen molar-refractivity contribution < 1.29 is 9.53 Å². The van der Waals surface area contributed by atoms with E-state index in [1.54, 1.807) is 6.92 Å². The van der Waals surface area contributed by atoms with E-state index in [-0.39, 0.29) is 0 Å². The Labute approximate surface area is 172 Å².